The molecule has 37 heavy (non-hydrogen) atoms. The molecule has 2 aromatic rings. The molecule has 198 valence electrons. The van der Waals surface area contributed by atoms with Crippen LogP contribution in [0.4, 0.5) is 4.79 Å². The number of fused-ring (bicyclic) bond motifs is 3. The lowest BCUT2D eigenvalue weighted by molar-refractivity contribution is -0.0143. The van der Waals surface area contributed by atoms with E-state index in [-0.39, 0.29) is 11.5 Å². The van der Waals surface area contributed by atoms with Gasteiger partial charge in [-0.15, -0.1) is 5.92 Å². The summed E-state index contributed by atoms with van der Waals surface area (Å²) in [7, 11) is 7.49. The van der Waals surface area contributed by atoms with Crippen LogP contribution in [0.5, 0.6) is 11.5 Å². The van der Waals surface area contributed by atoms with Crippen molar-refractivity contribution >= 4 is 6.09 Å². The highest BCUT2D eigenvalue weighted by atomic mass is 16.6. The minimum Gasteiger partial charge on any atom is -0.494 e. The topological polar surface area (TPSA) is 62.2 Å². The zero-order valence-corrected chi connectivity index (χ0v) is 22.8. The molecule has 0 heterocycles. The number of aliphatic hydroxyl groups is 1. The Kier molecular flexibility index (Phi) is 8.16. The Morgan fingerprint density at radius 3 is 2.49 bits per heavy atom. The van der Waals surface area contributed by atoms with Crippen molar-refractivity contribution in [3.05, 3.63) is 59.2 Å². The monoisotopic (exact) mass is 504 g/mol. The standard InChI is InChI=1S/C31H40N2O4/c1-6-15-30(35)16-17-31(18-19-36-26-11-7-23(8-12-26)22-32(2)3)25(21-30)10-9-24-20-27(13-14-28(24)31)37-29(34)33(4)5/h7-8,11-14,20,25,35H,9-10,16-19,21-22H2,1-5H3/t25-,30+,31+/m0/s1. The molecule has 1 N–H and O–H groups in total. The van der Waals surface area contributed by atoms with Gasteiger partial charge in [-0.1, -0.05) is 24.1 Å². The van der Waals surface area contributed by atoms with Crippen LogP contribution in [-0.2, 0) is 18.4 Å². The Hall–Kier alpha value is -3.01. The maximum absolute atomic E-state index is 12.1. The summed E-state index contributed by atoms with van der Waals surface area (Å²) in [6.45, 7) is 3.29. The Morgan fingerprint density at radius 1 is 1.08 bits per heavy atom. The van der Waals surface area contributed by atoms with E-state index in [0.717, 1.165) is 38.0 Å². The molecular formula is C31H40N2O4. The van der Waals surface area contributed by atoms with Crippen molar-refractivity contribution in [2.24, 2.45) is 5.92 Å². The highest BCUT2D eigenvalue weighted by Gasteiger charge is 2.51. The minimum absolute atomic E-state index is 0.107. The number of hydrogen-bond acceptors (Lipinski definition) is 5. The van der Waals surface area contributed by atoms with E-state index in [1.54, 1.807) is 21.0 Å². The van der Waals surface area contributed by atoms with E-state index >= 15 is 0 Å². The second kappa shape index (κ2) is 11.2. The van der Waals surface area contributed by atoms with E-state index in [1.807, 2.05) is 24.3 Å². The summed E-state index contributed by atoms with van der Waals surface area (Å²) in [6.07, 6.45) is 4.48. The Bertz CT molecular complexity index is 1160. The Morgan fingerprint density at radius 2 is 1.81 bits per heavy atom. The van der Waals surface area contributed by atoms with Crippen molar-refractivity contribution < 1.29 is 19.4 Å². The summed E-state index contributed by atoms with van der Waals surface area (Å²) in [5.41, 5.74) is 2.74. The van der Waals surface area contributed by atoms with E-state index in [2.05, 4.69) is 49.0 Å². The number of hydrogen-bond donors (Lipinski definition) is 1. The van der Waals surface area contributed by atoms with E-state index in [9.17, 15) is 9.90 Å². The third kappa shape index (κ3) is 6.11. The predicted octanol–water partition coefficient (Wildman–Crippen LogP) is 5.02. The summed E-state index contributed by atoms with van der Waals surface area (Å²) >= 11 is 0. The van der Waals surface area contributed by atoms with Crippen LogP contribution in [0, 0.1) is 17.8 Å². The lowest BCUT2D eigenvalue weighted by Gasteiger charge is -2.52. The fraction of sp³-hybridized carbons (Fsp3) is 0.516. The van der Waals surface area contributed by atoms with Crippen molar-refractivity contribution in [2.75, 3.05) is 34.8 Å². The van der Waals surface area contributed by atoms with Gasteiger partial charge in [0.05, 0.1) is 6.61 Å². The first-order chi connectivity index (χ1) is 17.6. The normalized spacial score (nSPS) is 24.4. The fourth-order valence-corrected chi connectivity index (χ4v) is 6.14. The zero-order chi connectivity index (χ0) is 26.6. The summed E-state index contributed by atoms with van der Waals surface area (Å²) < 4.78 is 11.8. The van der Waals surface area contributed by atoms with Crippen molar-refractivity contribution in [2.45, 2.75) is 63.0 Å². The minimum atomic E-state index is -0.926. The Balaban J connectivity index is 1.56. The Labute approximate surface area is 221 Å². The van der Waals surface area contributed by atoms with E-state index in [0.29, 0.717) is 31.1 Å². The molecule has 2 aliphatic carbocycles. The van der Waals surface area contributed by atoms with Gasteiger partial charge in [-0.25, -0.2) is 4.79 Å². The SMILES string of the molecule is CC#C[C@@]1(O)CC[C@]2(CCOc3ccc(CN(C)C)cc3)c3ccc(OC(=O)N(C)C)cc3CC[C@H]2C1. The first-order valence-electron chi connectivity index (χ1n) is 13.2. The zero-order valence-electron chi connectivity index (χ0n) is 22.8. The quantitative estimate of drug-likeness (QED) is 0.537. The fourth-order valence-electron chi connectivity index (χ4n) is 6.14. The van der Waals surface area contributed by atoms with Crippen LogP contribution in [0.25, 0.3) is 0 Å². The number of carbonyl (C=O) groups excluding carboxylic acids is 1. The largest absolute Gasteiger partial charge is 0.494 e. The van der Waals surface area contributed by atoms with Crippen molar-refractivity contribution in [3.8, 4) is 23.3 Å². The van der Waals surface area contributed by atoms with Gasteiger partial charge < -0.3 is 24.4 Å². The smallest absolute Gasteiger partial charge is 0.414 e. The lowest BCUT2D eigenvalue weighted by atomic mass is 9.53. The van der Waals surface area contributed by atoms with Crippen LogP contribution < -0.4 is 9.47 Å². The molecule has 6 nitrogen and oxygen atoms in total. The number of nitrogens with zero attached hydrogens (tertiary/aromatic N) is 2. The molecule has 2 aliphatic rings. The number of amides is 1. The molecule has 0 bridgehead atoms. The second-order valence-electron chi connectivity index (χ2n) is 11.1. The summed E-state index contributed by atoms with van der Waals surface area (Å²) in [4.78, 5) is 15.7. The molecule has 0 spiro atoms. The van der Waals surface area contributed by atoms with Gasteiger partial charge in [-0.3, -0.25) is 0 Å². The van der Waals surface area contributed by atoms with Gasteiger partial charge in [0.25, 0.3) is 0 Å². The molecule has 1 saturated carbocycles. The molecule has 0 saturated heterocycles. The summed E-state index contributed by atoms with van der Waals surface area (Å²) in [5, 5.41) is 11.2. The third-order valence-corrected chi connectivity index (χ3v) is 7.89. The van der Waals surface area contributed by atoms with Crippen LogP contribution in [0.1, 0.15) is 55.7 Å². The van der Waals surface area contributed by atoms with Gasteiger partial charge in [-0.05, 0) is 106 Å². The van der Waals surface area contributed by atoms with Crippen molar-refractivity contribution in [1.82, 2.24) is 9.80 Å². The van der Waals surface area contributed by atoms with E-state index < -0.39 is 5.60 Å². The highest BCUT2D eigenvalue weighted by Crippen LogP contribution is 2.54. The van der Waals surface area contributed by atoms with E-state index in [4.69, 9.17) is 9.47 Å². The molecule has 0 unspecified atom stereocenters. The first kappa shape index (κ1) is 27.0. The first-order valence-corrected chi connectivity index (χ1v) is 13.2. The maximum atomic E-state index is 12.1. The summed E-state index contributed by atoms with van der Waals surface area (Å²) in [5.74, 6) is 7.78. The van der Waals surface area contributed by atoms with Crippen LogP contribution in [0.3, 0.4) is 0 Å². The second-order valence-corrected chi connectivity index (χ2v) is 11.1. The van der Waals surface area contributed by atoms with Crippen LogP contribution >= 0.6 is 0 Å². The number of benzene rings is 2. The molecule has 1 amide bonds. The lowest BCUT2D eigenvalue weighted by Crippen LogP contribution is -2.50. The molecule has 0 aromatic heterocycles. The average Bonchev–Trinajstić information content (AvgIpc) is 2.85. The van der Waals surface area contributed by atoms with Gasteiger partial charge in [0, 0.05) is 26.1 Å². The van der Waals surface area contributed by atoms with Crippen molar-refractivity contribution in [3.63, 3.8) is 0 Å². The van der Waals surface area contributed by atoms with Crippen molar-refractivity contribution in [1.29, 1.82) is 0 Å². The maximum Gasteiger partial charge on any atom is 0.414 e. The molecular weight excluding hydrogens is 464 g/mol. The van der Waals surface area contributed by atoms with Gasteiger partial charge in [0.1, 0.15) is 17.1 Å². The summed E-state index contributed by atoms with van der Waals surface area (Å²) in [6, 6.07) is 14.4. The molecule has 2 aromatic carbocycles. The molecule has 4 rings (SSSR count). The van der Waals surface area contributed by atoms with E-state index in [1.165, 1.54) is 21.6 Å². The number of aryl methyl sites for hydroxylation is 1. The number of carbonyl (C=O) groups is 1. The van der Waals surface area contributed by atoms with Gasteiger partial charge >= 0.3 is 6.09 Å². The van der Waals surface area contributed by atoms with Gasteiger partial charge in [-0.2, -0.15) is 0 Å². The highest BCUT2D eigenvalue weighted by molar-refractivity contribution is 5.70. The van der Waals surface area contributed by atoms with Gasteiger partial charge in [0.2, 0.25) is 0 Å². The molecule has 0 radical (unpaired) electrons. The molecule has 6 heteroatoms. The molecule has 3 atom stereocenters. The number of ether oxygens (including phenoxy) is 2. The molecule has 0 aliphatic heterocycles. The van der Waals surface area contributed by atoms with Crippen LogP contribution in [0.2, 0.25) is 0 Å². The third-order valence-electron chi connectivity index (χ3n) is 7.89. The predicted molar refractivity (Wildman–Crippen MR) is 146 cm³/mol. The average molecular weight is 505 g/mol. The van der Waals surface area contributed by atoms with Crippen LogP contribution in [-0.4, -0.2) is 61.4 Å². The van der Waals surface area contributed by atoms with Crippen LogP contribution in [0.15, 0.2) is 42.5 Å². The van der Waals surface area contributed by atoms with Gasteiger partial charge in [0.15, 0.2) is 0 Å². The number of rotatable bonds is 7. The molecule has 1 fully saturated rings.